The number of anilines is 1. The molecule has 0 heterocycles. The average Bonchev–Trinajstić information content (AvgIpc) is 2.67. The molecular weight excluding hydrogens is 306 g/mol. The van der Waals surface area contributed by atoms with Crippen molar-refractivity contribution in [2.45, 2.75) is 0 Å². The highest BCUT2D eigenvalue weighted by atomic mass is 15.2. The van der Waals surface area contributed by atoms with E-state index in [0.717, 1.165) is 22.1 Å². The Morgan fingerprint density at radius 2 is 1.44 bits per heavy atom. The van der Waals surface area contributed by atoms with Crippen molar-refractivity contribution in [3.63, 3.8) is 0 Å². The van der Waals surface area contributed by atoms with Crippen LogP contribution in [0.4, 0.5) is 11.4 Å². The standard InChI is InChI=1S/C22H19N3/c1-25(19-14-13-16-7-2-3-9-18(16)15-19)22(23)24-21-12-6-10-17-8-4-5-11-20(17)21/h2-15H,1H3,(H2,23,24). The monoisotopic (exact) mass is 325 g/mol. The first-order valence-corrected chi connectivity index (χ1v) is 8.27. The Morgan fingerprint density at radius 3 is 2.28 bits per heavy atom. The van der Waals surface area contributed by atoms with Crippen molar-refractivity contribution in [1.29, 1.82) is 0 Å². The molecule has 2 N–H and O–H groups in total. The van der Waals surface area contributed by atoms with Gasteiger partial charge in [0.25, 0.3) is 0 Å². The van der Waals surface area contributed by atoms with Gasteiger partial charge in [-0.3, -0.25) is 0 Å². The van der Waals surface area contributed by atoms with Crippen LogP contribution in [0.15, 0.2) is 89.9 Å². The van der Waals surface area contributed by atoms with Crippen LogP contribution in [0.25, 0.3) is 21.5 Å². The van der Waals surface area contributed by atoms with Crippen LogP contribution in [0.5, 0.6) is 0 Å². The summed E-state index contributed by atoms with van der Waals surface area (Å²) in [5.41, 5.74) is 8.18. The van der Waals surface area contributed by atoms with Crippen LogP contribution in [-0.2, 0) is 0 Å². The molecule has 25 heavy (non-hydrogen) atoms. The highest BCUT2D eigenvalue weighted by Crippen LogP contribution is 2.26. The lowest BCUT2D eigenvalue weighted by molar-refractivity contribution is 1.22. The Labute approximate surface area is 147 Å². The van der Waals surface area contributed by atoms with E-state index in [2.05, 4.69) is 53.5 Å². The number of hydrogen-bond acceptors (Lipinski definition) is 1. The number of nitrogens with two attached hydrogens (primary N) is 1. The largest absolute Gasteiger partial charge is 0.369 e. The van der Waals surface area contributed by atoms with Crippen molar-refractivity contribution in [3.8, 4) is 0 Å². The van der Waals surface area contributed by atoms with E-state index < -0.39 is 0 Å². The Hall–Kier alpha value is -3.33. The molecule has 0 unspecified atom stereocenters. The Bertz CT molecular complexity index is 1080. The Kier molecular flexibility index (Phi) is 3.82. The maximum absolute atomic E-state index is 6.29. The third-order valence-electron chi connectivity index (χ3n) is 4.47. The van der Waals surface area contributed by atoms with Crippen LogP contribution in [0.2, 0.25) is 0 Å². The Morgan fingerprint density at radius 1 is 0.760 bits per heavy atom. The van der Waals surface area contributed by atoms with Crippen LogP contribution < -0.4 is 10.6 Å². The topological polar surface area (TPSA) is 41.6 Å². The number of guanidine groups is 1. The lowest BCUT2D eigenvalue weighted by Gasteiger charge is -2.19. The van der Waals surface area contributed by atoms with E-state index in [1.807, 2.05) is 48.3 Å². The molecule has 4 rings (SSSR count). The van der Waals surface area contributed by atoms with Gasteiger partial charge < -0.3 is 10.6 Å². The van der Waals surface area contributed by atoms with Crippen molar-refractivity contribution in [2.75, 3.05) is 11.9 Å². The van der Waals surface area contributed by atoms with Crippen LogP contribution in [0, 0.1) is 0 Å². The van der Waals surface area contributed by atoms with Gasteiger partial charge in [0.1, 0.15) is 0 Å². The second-order valence-electron chi connectivity index (χ2n) is 6.06. The number of aliphatic imine (C=N–C) groups is 1. The molecular formula is C22H19N3. The van der Waals surface area contributed by atoms with Crippen LogP contribution in [0.1, 0.15) is 0 Å². The summed E-state index contributed by atoms with van der Waals surface area (Å²) in [6, 6.07) is 28.9. The van der Waals surface area contributed by atoms with E-state index in [0.29, 0.717) is 5.96 Å². The SMILES string of the molecule is CN(C(N)=Nc1cccc2ccccc12)c1ccc2ccccc2c1. The molecule has 122 valence electrons. The molecule has 4 aromatic rings. The molecule has 0 radical (unpaired) electrons. The molecule has 0 fully saturated rings. The van der Waals surface area contributed by atoms with Gasteiger partial charge in [-0.2, -0.15) is 0 Å². The predicted octanol–water partition coefficient (Wildman–Crippen LogP) is 5.08. The molecule has 0 spiro atoms. The summed E-state index contributed by atoms with van der Waals surface area (Å²) in [5.74, 6) is 0.464. The Balaban J connectivity index is 1.73. The third-order valence-corrected chi connectivity index (χ3v) is 4.47. The summed E-state index contributed by atoms with van der Waals surface area (Å²) in [4.78, 5) is 6.57. The fraction of sp³-hybridized carbons (Fsp3) is 0.0455. The predicted molar refractivity (Wildman–Crippen MR) is 108 cm³/mol. The molecule has 0 aliphatic heterocycles. The molecule has 0 atom stereocenters. The number of benzene rings is 4. The minimum absolute atomic E-state index is 0.464. The molecule has 0 aromatic heterocycles. The van der Waals surface area contributed by atoms with Crippen LogP contribution in [0.3, 0.4) is 0 Å². The molecule has 3 heteroatoms. The van der Waals surface area contributed by atoms with Gasteiger partial charge in [0.15, 0.2) is 0 Å². The van der Waals surface area contributed by atoms with Gasteiger partial charge in [-0.15, -0.1) is 0 Å². The van der Waals surface area contributed by atoms with E-state index in [-0.39, 0.29) is 0 Å². The van der Waals surface area contributed by atoms with Crippen molar-refractivity contribution < 1.29 is 0 Å². The smallest absolute Gasteiger partial charge is 0.200 e. The quantitative estimate of drug-likeness (QED) is 0.413. The summed E-state index contributed by atoms with van der Waals surface area (Å²) >= 11 is 0. The molecule has 3 nitrogen and oxygen atoms in total. The van der Waals surface area contributed by atoms with E-state index in [4.69, 9.17) is 5.73 Å². The third kappa shape index (κ3) is 2.92. The lowest BCUT2D eigenvalue weighted by Crippen LogP contribution is -2.33. The molecule has 0 aliphatic rings. The van der Waals surface area contributed by atoms with E-state index in [9.17, 15) is 0 Å². The zero-order valence-corrected chi connectivity index (χ0v) is 14.1. The second kappa shape index (κ2) is 6.29. The zero-order chi connectivity index (χ0) is 17.2. The van der Waals surface area contributed by atoms with Gasteiger partial charge in [0.2, 0.25) is 5.96 Å². The van der Waals surface area contributed by atoms with Gasteiger partial charge in [-0.1, -0.05) is 66.7 Å². The zero-order valence-electron chi connectivity index (χ0n) is 14.1. The van der Waals surface area contributed by atoms with E-state index in [1.165, 1.54) is 10.8 Å². The van der Waals surface area contributed by atoms with Crippen LogP contribution in [-0.4, -0.2) is 13.0 Å². The van der Waals surface area contributed by atoms with Crippen LogP contribution >= 0.6 is 0 Å². The summed E-state index contributed by atoms with van der Waals surface area (Å²) < 4.78 is 0. The fourth-order valence-corrected chi connectivity index (χ4v) is 3.02. The minimum atomic E-state index is 0.464. The number of hydrogen-bond donors (Lipinski definition) is 1. The molecule has 4 aromatic carbocycles. The summed E-state index contributed by atoms with van der Waals surface area (Å²) in [6.07, 6.45) is 0. The van der Waals surface area contributed by atoms with Gasteiger partial charge in [0.05, 0.1) is 5.69 Å². The average molecular weight is 325 g/mol. The first-order valence-electron chi connectivity index (χ1n) is 8.27. The summed E-state index contributed by atoms with van der Waals surface area (Å²) in [5, 5.41) is 4.65. The molecule has 0 aliphatic carbocycles. The van der Waals surface area contributed by atoms with Gasteiger partial charge in [0, 0.05) is 18.1 Å². The highest BCUT2D eigenvalue weighted by molar-refractivity contribution is 6.01. The number of fused-ring (bicyclic) bond motifs is 2. The molecule has 0 amide bonds. The maximum atomic E-state index is 6.29. The van der Waals surface area contributed by atoms with Crippen molar-refractivity contribution in [3.05, 3.63) is 84.9 Å². The van der Waals surface area contributed by atoms with Gasteiger partial charge in [-0.25, -0.2) is 4.99 Å². The summed E-state index contributed by atoms with van der Waals surface area (Å²) in [6.45, 7) is 0. The van der Waals surface area contributed by atoms with Crippen molar-refractivity contribution in [2.24, 2.45) is 10.7 Å². The van der Waals surface area contributed by atoms with Gasteiger partial charge >= 0.3 is 0 Å². The van der Waals surface area contributed by atoms with Crippen molar-refractivity contribution in [1.82, 2.24) is 0 Å². The number of rotatable bonds is 2. The summed E-state index contributed by atoms with van der Waals surface area (Å²) in [7, 11) is 1.94. The molecule has 0 saturated carbocycles. The van der Waals surface area contributed by atoms with E-state index in [1.54, 1.807) is 0 Å². The first kappa shape index (κ1) is 15.2. The van der Waals surface area contributed by atoms with E-state index >= 15 is 0 Å². The molecule has 0 bridgehead atoms. The highest BCUT2D eigenvalue weighted by Gasteiger charge is 2.07. The lowest BCUT2D eigenvalue weighted by atomic mass is 10.1. The first-order chi connectivity index (χ1) is 12.2. The van der Waals surface area contributed by atoms with Gasteiger partial charge in [-0.05, 0) is 34.4 Å². The normalized spacial score (nSPS) is 11.8. The van der Waals surface area contributed by atoms with Crippen molar-refractivity contribution >= 4 is 38.9 Å². The minimum Gasteiger partial charge on any atom is -0.369 e. The maximum Gasteiger partial charge on any atom is 0.200 e. The number of nitrogens with zero attached hydrogens (tertiary/aromatic N) is 2. The second-order valence-corrected chi connectivity index (χ2v) is 6.06. The molecule has 0 saturated heterocycles. The fourth-order valence-electron chi connectivity index (χ4n) is 3.02.